The van der Waals surface area contributed by atoms with Crippen LogP contribution in [0.5, 0.6) is 0 Å². The number of rotatable bonds is 5. The second kappa shape index (κ2) is 8.12. The highest BCUT2D eigenvalue weighted by Crippen LogP contribution is 2.68. The number of aliphatic hydroxyl groups is 2. The molecule has 0 aliphatic heterocycles. The van der Waals surface area contributed by atoms with Gasteiger partial charge in [-0.05, 0) is 104 Å². The molecule has 0 heterocycles. The van der Waals surface area contributed by atoms with E-state index >= 15 is 0 Å². The Hall–Kier alpha value is -0.0800. The van der Waals surface area contributed by atoms with Gasteiger partial charge in [0.25, 0.3) is 0 Å². The minimum Gasteiger partial charge on any atom is -0.393 e. The van der Waals surface area contributed by atoms with Crippen molar-refractivity contribution >= 4 is 0 Å². The molecule has 0 aromatic carbocycles. The van der Waals surface area contributed by atoms with Crippen molar-refractivity contribution in [3.8, 4) is 0 Å². The molecule has 0 amide bonds. The molecule has 0 saturated heterocycles. The molecular weight excluding hydrogens is 356 g/mol. The van der Waals surface area contributed by atoms with Crippen LogP contribution in [0.1, 0.15) is 105 Å². The molecule has 2 N–H and O–H groups in total. The normalized spacial score (nSPS) is 50.7. The molecule has 0 aromatic rings. The summed E-state index contributed by atoms with van der Waals surface area (Å²) >= 11 is 0. The van der Waals surface area contributed by atoms with Crippen LogP contribution in [0.3, 0.4) is 0 Å². The lowest BCUT2D eigenvalue weighted by Crippen LogP contribution is -2.55. The molecule has 0 radical (unpaired) electrons. The summed E-state index contributed by atoms with van der Waals surface area (Å²) in [4.78, 5) is 0. The van der Waals surface area contributed by atoms with Gasteiger partial charge in [-0.15, -0.1) is 0 Å². The Morgan fingerprint density at radius 1 is 0.862 bits per heavy atom. The fourth-order valence-corrected chi connectivity index (χ4v) is 9.28. The summed E-state index contributed by atoms with van der Waals surface area (Å²) in [6.45, 7) is 12.3. The molecular formula is C27H48O2. The van der Waals surface area contributed by atoms with Gasteiger partial charge in [0.2, 0.25) is 0 Å². The van der Waals surface area contributed by atoms with E-state index in [0.717, 1.165) is 37.0 Å². The lowest BCUT2D eigenvalue weighted by Gasteiger charge is -2.61. The third-order valence-corrected chi connectivity index (χ3v) is 10.8. The third-order valence-electron chi connectivity index (χ3n) is 10.8. The predicted octanol–water partition coefficient (Wildman–Crippen LogP) is 6.44. The number of aliphatic hydroxyl groups excluding tert-OH is 2. The molecule has 0 bridgehead atoms. The highest BCUT2D eigenvalue weighted by atomic mass is 16.3. The average Bonchev–Trinajstić information content (AvgIpc) is 2.93. The van der Waals surface area contributed by atoms with Crippen LogP contribution in [0.15, 0.2) is 0 Å². The molecule has 4 saturated carbocycles. The molecule has 4 fully saturated rings. The predicted molar refractivity (Wildman–Crippen MR) is 120 cm³/mol. The maximum atomic E-state index is 11.3. The van der Waals surface area contributed by atoms with Gasteiger partial charge in [0.05, 0.1) is 12.2 Å². The van der Waals surface area contributed by atoms with E-state index < -0.39 is 0 Å². The molecule has 2 nitrogen and oxygen atoms in total. The Bertz CT molecular complexity index is 573. The molecule has 4 aliphatic rings. The number of fused-ring (bicyclic) bond motifs is 5. The SMILES string of the molecule is CC(C)CCC[C@@H](C)[C@H]1C[C@@H](O)[C@H]2[C@@H]3CC[C@H]4C[C@@H](O)CC[C@]4(C)[C@H]3CC[C@@]21C. The molecule has 10 atom stereocenters. The standard InChI is InChI=1S/C27H48O2/c1-17(2)7-6-8-18(3)23-16-24(29)25-21-10-9-19-15-20(28)11-13-26(19,4)22(21)12-14-27(23,25)5/h17-25,28-29H,6-16H2,1-5H3/t18-,19+,20+,21-,22+,23-,24-,25-,26+,27-/m1/s1. The van der Waals surface area contributed by atoms with E-state index in [1.807, 2.05) is 0 Å². The fourth-order valence-electron chi connectivity index (χ4n) is 9.28. The van der Waals surface area contributed by atoms with E-state index in [0.29, 0.717) is 34.5 Å². The summed E-state index contributed by atoms with van der Waals surface area (Å²) in [6, 6.07) is 0. The molecule has 4 aliphatic carbocycles. The Balaban J connectivity index is 1.51. The van der Waals surface area contributed by atoms with Crippen LogP contribution in [0.2, 0.25) is 0 Å². The fraction of sp³-hybridized carbons (Fsp3) is 1.00. The van der Waals surface area contributed by atoms with E-state index in [9.17, 15) is 10.2 Å². The van der Waals surface area contributed by atoms with Crippen LogP contribution in [-0.4, -0.2) is 22.4 Å². The number of hydrogen-bond acceptors (Lipinski definition) is 2. The largest absolute Gasteiger partial charge is 0.393 e. The van der Waals surface area contributed by atoms with Crippen molar-refractivity contribution in [3.63, 3.8) is 0 Å². The van der Waals surface area contributed by atoms with Crippen molar-refractivity contribution in [2.75, 3.05) is 0 Å². The van der Waals surface area contributed by atoms with Crippen LogP contribution in [0.4, 0.5) is 0 Å². The summed E-state index contributed by atoms with van der Waals surface area (Å²) in [6.07, 6.45) is 13.4. The lowest BCUT2D eigenvalue weighted by molar-refractivity contribution is -0.142. The van der Waals surface area contributed by atoms with Crippen LogP contribution < -0.4 is 0 Å². The Labute approximate surface area is 180 Å². The summed E-state index contributed by atoms with van der Waals surface area (Å²) < 4.78 is 0. The van der Waals surface area contributed by atoms with Crippen molar-refractivity contribution in [1.82, 2.24) is 0 Å². The summed E-state index contributed by atoms with van der Waals surface area (Å²) in [5.74, 6) is 4.97. The van der Waals surface area contributed by atoms with Crippen LogP contribution >= 0.6 is 0 Å². The van der Waals surface area contributed by atoms with Gasteiger partial charge < -0.3 is 10.2 Å². The highest BCUT2D eigenvalue weighted by Gasteiger charge is 2.63. The quantitative estimate of drug-likeness (QED) is 0.553. The van der Waals surface area contributed by atoms with E-state index in [-0.39, 0.29) is 12.2 Å². The van der Waals surface area contributed by atoms with Crippen molar-refractivity contribution in [3.05, 3.63) is 0 Å². The monoisotopic (exact) mass is 404 g/mol. The van der Waals surface area contributed by atoms with Gasteiger partial charge in [-0.25, -0.2) is 0 Å². The second-order valence-corrected chi connectivity index (χ2v) is 12.8. The lowest BCUT2D eigenvalue weighted by atomic mass is 9.44. The first-order chi connectivity index (χ1) is 13.7. The molecule has 0 spiro atoms. The summed E-state index contributed by atoms with van der Waals surface area (Å²) in [5.41, 5.74) is 0.749. The maximum absolute atomic E-state index is 11.3. The van der Waals surface area contributed by atoms with E-state index in [2.05, 4.69) is 34.6 Å². The number of hydrogen-bond donors (Lipinski definition) is 2. The molecule has 0 unspecified atom stereocenters. The maximum Gasteiger partial charge on any atom is 0.0579 e. The van der Waals surface area contributed by atoms with Crippen LogP contribution in [0.25, 0.3) is 0 Å². The smallest absolute Gasteiger partial charge is 0.0579 e. The van der Waals surface area contributed by atoms with Gasteiger partial charge in [0, 0.05) is 0 Å². The van der Waals surface area contributed by atoms with Crippen molar-refractivity contribution in [1.29, 1.82) is 0 Å². The first kappa shape index (κ1) is 22.1. The first-order valence-electron chi connectivity index (χ1n) is 13.0. The highest BCUT2D eigenvalue weighted by molar-refractivity contribution is 5.12. The molecule has 0 aromatic heterocycles. The van der Waals surface area contributed by atoms with Gasteiger partial charge >= 0.3 is 0 Å². The zero-order valence-electron chi connectivity index (χ0n) is 19.9. The Kier molecular flexibility index (Phi) is 6.19. The van der Waals surface area contributed by atoms with Gasteiger partial charge in [-0.3, -0.25) is 0 Å². The van der Waals surface area contributed by atoms with E-state index in [4.69, 9.17) is 0 Å². The second-order valence-electron chi connectivity index (χ2n) is 12.8. The minimum atomic E-state index is -0.0836. The molecule has 168 valence electrons. The van der Waals surface area contributed by atoms with Crippen molar-refractivity contribution in [2.24, 2.45) is 52.3 Å². The molecule has 29 heavy (non-hydrogen) atoms. The van der Waals surface area contributed by atoms with Crippen LogP contribution in [-0.2, 0) is 0 Å². The van der Waals surface area contributed by atoms with E-state index in [1.165, 1.54) is 51.4 Å². The van der Waals surface area contributed by atoms with Gasteiger partial charge in [-0.1, -0.05) is 53.9 Å². The van der Waals surface area contributed by atoms with Crippen LogP contribution in [0, 0.1) is 52.3 Å². The van der Waals surface area contributed by atoms with Crippen molar-refractivity contribution in [2.45, 2.75) is 117 Å². The zero-order chi connectivity index (χ0) is 21.0. The molecule has 4 rings (SSSR count). The van der Waals surface area contributed by atoms with Gasteiger partial charge in [0.15, 0.2) is 0 Å². The van der Waals surface area contributed by atoms with Gasteiger partial charge in [0.1, 0.15) is 0 Å². The minimum absolute atomic E-state index is 0.0633. The third kappa shape index (κ3) is 3.73. The summed E-state index contributed by atoms with van der Waals surface area (Å²) in [5, 5.41) is 21.6. The first-order valence-corrected chi connectivity index (χ1v) is 13.0. The molecule has 2 heteroatoms. The average molecular weight is 405 g/mol. The van der Waals surface area contributed by atoms with E-state index in [1.54, 1.807) is 0 Å². The van der Waals surface area contributed by atoms with Crippen molar-refractivity contribution < 1.29 is 10.2 Å². The summed E-state index contributed by atoms with van der Waals surface area (Å²) in [7, 11) is 0. The topological polar surface area (TPSA) is 40.5 Å². The Morgan fingerprint density at radius 3 is 2.31 bits per heavy atom. The van der Waals surface area contributed by atoms with Gasteiger partial charge in [-0.2, -0.15) is 0 Å². The Morgan fingerprint density at radius 2 is 1.59 bits per heavy atom. The zero-order valence-corrected chi connectivity index (χ0v) is 19.9.